The van der Waals surface area contributed by atoms with Crippen LogP contribution in [0.3, 0.4) is 0 Å². The molecule has 0 N–H and O–H groups in total. The summed E-state index contributed by atoms with van der Waals surface area (Å²) in [5, 5.41) is 0. The van der Waals surface area contributed by atoms with Crippen LogP contribution in [0.15, 0.2) is 24.3 Å². The van der Waals surface area contributed by atoms with Gasteiger partial charge in [-0.25, -0.2) is 4.79 Å². The van der Waals surface area contributed by atoms with Crippen molar-refractivity contribution in [2.24, 2.45) is 5.92 Å². The lowest BCUT2D eigenvalue weighted by Gasteiger charge is -2.44. The van der Waals surface area contributed by atoms with Crippen LogP contribution in [-0.2, 0) is 17.6 Å². The summed E-state index contributed by atoms with van der Waals surface area (Å²) in [5.41, 5.74) is 1.91. The van der Waals surface area contributed by atoms with E-state index in [-0.39, 0.29) is 18.0 Å². The zero-order chi connectivity index (χ0) is 21.5. The molecule has 2 fully saturated rings. The Kier molecular flexibility index (Phi) is 6.18. The zero-order valence-electron chi connectivity index (χ0n) is 18.8. The highest BCUT2D eigenvalue weighted by Crippen LogP contribution is 2.41. The molecule has 1 aromatic carbocycles. The van der Waals surface area contributed by atoms with Gasteiger partial charge in [0.25, 0.3) is 5.91 Å². The smallest absolute Gasteiger partial charge is 0.309 e. The van der Waals surface area contributed by atoms with Gasteiger partial charge in [-0.05, 0) is 55.9 Å². The lowest BCUT2D eigenvalue weighted by atomic mass is 9.84. The number of fused-ring (bicyclic) bond motifs is 1. The second-order valence-electron chi connectivity index (χ2n) is 9.66. The lowest BCUT2D eigenvalue weighted by molar-refractivity contribution is -0.137. The number of hydrogen-bond donors (Lipinski definition) is 0. The quantitative estimate of drug-likeness (QED) is 0.648. The first kappa shape index (κ1) is 21.7. The highest BCUT2D eigenvalue weighted by molar-refractivity contribution is 7.98. The van der Waals surface area contributed by atoms with E-state index in [2.05, 4.69) is 44.1 Å². The third-order valence-corrected chi connectivity index (χ3v) is 7.99. The summed E-state index contributed by atoms with van der Waals surface area (Å²) < 4.78 is 0. The number of likely N-dealkylation sites (tertiary alicyclic amines) is 1. The molecule has 0 radical (unpaired) electrons. The number of carbonyl (C=O) groups is 2. The number of carbonyl (C=O) groups excluding carboxylic acids is 2. The molecule has 1 aliphatic carbocycles. The van der Waals surface area contributed by atoms with Gasteiger partial charge in [-0.15, -0.1) is 0 Å². The van der Waals surface area contributed by atoms with Gasteiger partial charge in [-0.1, -0.05) is 38.1 Å². The molecule has 2 heterocycles. The predicted octanol–water partition coefficient (Wildman–Crippen LogP) is 3.66. The molecule has 164 valence electrons. The molecule has 2 aliphatic heterocycles. The minimum Gasteiger partial charge on any atom is -0.309 e. The molecule has 30 heavy (non-hydrogen) atoms. The second kappa shape index (κ2) is 8.54. The van der Waals surface area contributed by atoms with E-state index in [1.807, 2.05) is 28.8 Å². The van der Waals surface area contributed by atoms with Crippen molar-refractivity contribution in [3.8, 4) is 0 Å². The van der Waals surface area contributed by atoms with Crippen LogP contribution in [0.1, 0.15) is 44.7 Å². The predicted molar refractivity (Wildman–Crippen MR) is 123 cm³/mol. The molecule has 1 atom stereocenters. The van der Waals surface area contributed by atoms with Crippen molar-refractivity contribution in [1.29, 1.82) is 0 Å². The fourth-order valence-corrected chi connectivity index (χ4v) is 6.26. The summed E-state index contributed by atoms with van der Waals surface area (Å²) in [6.45, 7) is 8.96. The van der Waals surface area contributed by atoms with Gasteiger partial charge in [0, 0.05) is 37.5 Å². The number of piperidine rings is 1. The van der Waals surface area contributed by atoms with Crippen LogP contribution in [0.5, 0.6) is 0 Å². The molecule has 0 unspecified atom stereocenters. The Morgan fingerprint density at radius 1 is 1.07 bits per heavy atom. The minimum atomic E-state index is -0.647. The van der Waals surface area contributed by atoms with Crippen molar-refractivity contribution >= 4 is 23.7 Å². The SMILES string of the molecule is CSC[C@@H](C)N1CCC2(CC1)C(=O)N(C1Cc3ccccc3C1)C(=O)N2CC(C)C. The first-order chi connectivity index (χ1) is 14.4. The van der Waals surface area contributed by atoms with Gasteiger partial charge in [0.2, 0.25) is 0 Å². The van der Waals surface area contributed by atoms with Crippen molar-refractivity contribution in [2.75, 3.05) is 31.6 Å². The van der Waals surface area contributed by atoms with Crippen LogP contribution < -0.4 is 0 Å². The summed E-state index contributed by atoms with van der Waals surface area (Å²) in [5.74, 6) is 1.50. The highest BCUT2D eigenvalue weighted by atomic mass is 32.2. The molecule has 0 aromatic heterocycles. The number of imide groups is 1. The van der Waals surface area contributed by atoms with Crippen LogP contribution in [0, 0.1) is 5.92 Å². The number of hydrogen-bond acceptors (Lipinski definition) is 4. The van der Waals surface area contributed by atoms with Crippen LogP contribution in [0.2, 0.25) is 0 Å². The molecule has 3 amide bonds. The molecular formula is C24H35N3O2S. The largest absolute Gasteiger partial charge is 0.327 e. The van der Waals surface area contributed by atoms with Crippen LogP contribution in [0.25, 0.3) is 0 Å². The first-order valence-corrected chi connectivity index (χ1v) is 12.7. The first-order valence-electron chi connectivity index (χ1n) is 11.3. The molecule has 5 nitrogen and oxygen atoms in total. The number of thioether (sulfide) groups is 1. The van der Waals surface area contributed by atoms with Gasteiger partial charge in [0.15, 0.2) is 0 Å². The molecular weight excluding hydrogens is 394 g/mol. The molecule has 0 saturated carbocycles. The molecule has 6 heteroatoms. The number of amides is 3. The van der Waals surface area contributed by atoms with E-state index in [1.165, 1.54) is 11.1 Å². The van der Waals surface area contributed by atoms with Gasteiger partial charge in [0.05, 0.1) is 0 Å². The fourth-order valence-electron chi connectivity index (χ4n) is 5.56. The Bertz CT molecular complexity index is 778. The van der Waals surface area contributed by atoms with Crippen molar-refractivity contribution in [2.45, 2.75) is 64.1 Å². The van der Waals surface area contributed by atoms with Crippen LogP contribution in [0.4, 0.5) is 4.79 Å². The standard InChI is InChI=1S/C24H35N3O2S/c1-17(2)15-26-23(29)27(21-13-19-7-5-6-8-20(19)14-21)22(28)24(26)9-11-25(12-10-24)18(3)16-30-4/h5-8,17-18,21H,9-16H2,1-4H3/t18-/m1/s1. The van der Waals surface area contributed by atoms with E-state index in [1.54, 1.807) is 4.90 Å². The summed E-state index contributed by atoms with van der Waals surface area (Å²) in [6.07, 6.45) is 5.22. The van der Waals surface area contributed by atoms with E-state index in [0.717, 1.165) is 44.5 Å². The maximum absolute atomic E-state index is 13.9. The van der Waals surface area contributed by atoms with Crippen molar-refractivity contribution < 1.29 is 9.59 Å². The number of urea groups is 1. The normalized spacial score (nSPS) is 23.1. The highest BCUT2D eigenvalue weighted by Gasteiger charge is 2.59. The molecule has 3 aliphatic rings. The lowest BCUT2D eigenvalue weighted by Crippen LogP contribution is -2.58. The number of rotatable bonds is 6. The van der Waals surface area contributed by atoms with E-state index >= 15 is 0 Å². The van der Waals surface area contributed by atoms with Gasteiger partial charge in [-0.2, -0.15) is 11.8 Å². The molecule has 4 rings (SSSR count). The topological polar surface area (TPSA) is 43.9 Å². The van der Waals surface area contributed by atoms with Crippen LogP contribution >= 0.6 is 11.8 Å². The monoisotopic (exact) mass is 429 g/mol. The summed E-state index contributed by atoms with van der Waals surface area (Å²) in [6, 6.07) is 8.77. The fraction of sp³-hybridized carbons (Fsp3) is 0.667. The Morgan fingerprint density at radius 3 is 2.20 bits per heavy atom. The van der Waals surface area contributed by atoms with Crippen molar-refractivity contribution in [3.05, 3.63) is 35.4 Å². The average molecular weight is 430 g/mol. The van der Waals surface area contributed by atoms with Gasteiger partial charge in [0.1, 0.15) is 5.54 Å². The molecule has 0 bridgehead atoms. The maximum atomic E-state index is 13.9. The van der Waals surface area contributed by atoms with Gasteiger partial charge >= 0.3 is 6.03 Å². The van der Waals surface area contributed by atoms with E-state index in [0.29, 0.717) is 18.5 Å². The van der Waals surface area contributed by atoms with Crippen molar-refractivity contribution in [3.63, 3.8) is 0 Å². The van der Waals surface area contributed by atoms with Crippen molar-refractivity contribution in [1.82, 2.24) is 14.7 Å². The Labute approximate surface area is 185 Å². The van der Waals surface area contributed by atoms with E-state index in [9.17, 15) is 9.59 Å². The zero-order valence-corrected chi connectivity index (χ0v) is 19.6. The minimum absolute atomic E-state index is 0.0371. The Morgan fingerprint density at radius 2 is 1.67 bits per heavy atom. The second-order valence-corrected chi connectivity index (χ2v) is 10.6. The van der Waals surface area contributed by atoms with E-state index in [4.69, 9.17) is 0 Å². The Hall–Kier alpha value is -1.53. The third kappa shape index (κ3) is 3.66. The number of benzene rings is 1. The maximum Gasteiger partial charge on any atom is 0.327 e. The van der Waals surface area contributed by atoms with Gasteiger partial charge in [-0.3, -0.25) is 14.6 Å². The summed E-state index contributed by atoms with van der Waals surface area (Å²) in [7, 11) is 0. The van der Waals surface area contributed by atoms with Crippen LogP contribution in [-0.4, -0.2) is 75.9 Å². The molecule has 2 saturated heterocycles. The number of nitrogens with zero attached hydrogens (tertiary/aromatic N) is 3. The summed E-state index contributed by atoms with van der Waals surface area (Å²) >= 11 is 1.87. The summed E-state index contributed by atoms with van der Waals surface area (Å²) in [4.78, 5) is 33.5. The Balaban J connectivity index is 1.57. The molecule has 1 spiro atoms. The van der Waals surface area contributed by atoms with Gasteiger partial charge < -0.3 is 4.90 Å². The molecule has 1 aromatic rings. The average Bonchev–Trinajstić information content (AvgIpc) is 3.22. The van der Waals surface area contributed by atoms with E-state index < -0.39 is 5.54 Å². The third-order valence-electron chi connectivity index (χ3n) is 7.17.